The van der Waals surface area contributed by atoms with Gasteiger partial charge in [-0.05, 0) is 29.8 Å². The first kappa shape index (κ1) is 12.9. The average molecular weight is 296 g/mol. The summed E-state index contributed by atoms with van der Waals surface area (Å²) in [4.78, 5) is 4.30. The van der Waals surface area contributed by atoms with Crippen LogP contribution in [0.3, 0.4) is 0 Å². The van der Waals surface area contributed by atoms with Crippen molar-refractivity contribution in [2.75, 3.05) is 12.4 Å². The molecule has 3 heterocycles. The second kappa shape index (κ2) is 5.22. The Bertz CT molecular complexity index is 749. The first-order chi connectivity index (χ1) is 10.8. The van der Waals surface area contributed by atoms with Crippen molar-refractivity contribution in [2.24, 2.45) is 0 Å². The number of anilines is 1. The molecule has 0 bridgehead atoms. The fraction of sp³-hybridized carbons (Fsp3) is 0.250. The zero-order valence-electron chi connectivity index (χ0n) is 12.1. The SMILES string of the molecule is COc1ccc([C@H]2C[C@@H](c3ccco3)n3ncnc3N2)cc1. The van der Waals surface area contributed by atoms with E-state index in [4.69, 9.17) is 9.15 Å². The van der Waals surface area contributed by atoms with Crippen LogP contribution in [0.25, 0.3) is 0 Å². The molecule has 0 unspecified atom stereocenters. The summed E-state index contributed by atoms with van der Waals surface area (Å²) in [5.74, 6) is 2.51. The Morgan fingerprint density at radius 2 is 2.14 bits per heavy atom. The normalized spacial score (nSPS) is 20.2. The maximum Gasteiger partial charge on any atom is 0.222 e. The molecule has 3 aromatic rings. The molecule has 1 N–H and O–H groups in total. The van der Waals surface area contributed by atoms with Crippen molar-refractivity contribution >= 4 is 5.95 Å². The van der Waals surface area contributed by atoms with Crippen molar-refractivity contribution < 1.29 is 9.15 Å². The molecule has 4 rings (SSSR count). The van der Waals surface area contributed by atoms with Gasteiger partial charge in [0.05, 0.1) is 19.4 Å². The number of furan rings is 1. The molecule has 0 fully saturated rings. The van der Waals surface area contributed by atoms with Crippen LogP contribution < -0.4 is 10.1 Å². The summed E-state index contributed by atoms with van der Waals surface area (Å²) in [6, 6.07) is 12.2. The lowest BCUT2D eigenvalue weighted by atomic mass is 9.96. The van der Waals surface area contributed by atoms with Crippen molar-refractivity contribution in [2.45, 2.75) is 18.5 Å². The Labute approximate surface area is 127 Å². The Hall–Kier alpha value is -2.76. The first-order valence-corrected chi connectivity index (χ1v) is 7.18. The largest absolute Gasteiger partial charge is 0.497 e. The van der Waals surface area contributed by atoms with Gasteiger partial charge in [-0.2, -0.15) is 10.1 Å². The molecule has 0 saturated heterocycles. The third-order valence-corrected chi connectivity index (χ3v) is 4.02. The zero-order chi connectivity index (χ0) is 14.9. The molecule has 0 spiro atoms. The minimum Gasteiger partial charge on any atom is -0.497 e. The molecule has 1 aromatic carbocycles. The highest BCUT2D eigenvalue weighted by Gasteiger charge is 2.31. The average Bonchev–Trinajstić information content (AvgIpc) is 3.25. The number of hydrogen-bond donors (Lipinski definition) is 1. The van der Waals surface area contributed by atoms with Gasteiger partial charge < -0.3 is 14.5 Å². The number of hydrogen-bond acceptors (Lipinski definition) is 5. The molecule has 22 heavy (non-hydrogen) atoms. The number of fused-ring (bicyclic) bond motifs is 1. The van der Waals surface area contributed by atoms with Crippen LogP contribution >= 0.6 is 0 Å². The van der Waals surface area contributed by atoms with E-state index in [1.165, 1.54) is 5.56 Å². The number of nitrogens with one attached hydrogen (secondary N) is 1. The van der Waals surface area contributed by atoms with E-state index in [2.05, 4.69) is 27.5 Å². The molecule has 1 aliphatic heterocycles. The Morgan fingerprint density at radius 3 is 2.86 bits per heavy atom. The minimum absolute atomic E-state index is 0.0425. The number of benzene rings is 1. The number of ether oxygens (including phenoxy) is 1. The fourth-order valence-corrected chi connectivity index (χ4v) is 2.89. The topological polar surface area (TPSA) is 65.1 Å². The number of methoxy groups -OCH3 is 1. The standard InChI is InChI=1S/C16H16N4O2/c1-21-12-6-4-11(5-7-12)13-9-14(15-3-2-8-22-15)20-16(19-13)17-10-18-20/h2-8,10,13-14H,9H2,1H3,(H,17,18,19)/t13-,14+/m1/s1. The van der Waals surface area contributed by atoms with Gasteiger partial charge >= 0.3 is 0 Å². The van der Waals surface area contributed by atoms with E-state index in [9.17, 15) is 0 Å². The first-order valence-electron chi connectivity index (χ1n) is 7.18. The lowest BCUT2D eigenvalue weighted by molar-refractivity contribution is 0.358. The molecule has 0 amide bonds. The molecular formula is C16H16N4O2. The van der Waals surface area contributed by atoms with Gasteiger partial charge in [0, 0.05) is 6.42 Å². The highest BCUT2D eigenvalue weighted by Crippen LogP contribution is 2.37. The third kappa shape index (κ3) is 2.13. The lowest BCUT2D eigenvalue weighted by Gasteiger charge is -2.30. The van der Waals surface area contributed by atoms with Crippen molar-refractivity contribution in [3.05, 3.63) is 60.3 Å². The lowest BCUT2D eigenvalue weighted by Crippen LogP contribution is -2.27. The van der Waals surface area contributed by atoms with Crippen LogP contribution in [-0.4, -0.2) is 21.9 Å². The van der Waals surface area contributed by atoms with Crippen molar-refractivity contribution in [3.8, 4) is 5.75 Å². The minimum atomic E-state index is 0.0425. The van der Waals surface area contributed by atoms with Crippen LogP contribution in [0.1, 0.15) is 29.8 Å². The van der Waals surface area contributed by atoms with Crippen LogP contribution in [0.2, 0.25) is 0 Å². The monoisotopic (exact) mass is 296 g/mol. The summed E-state index contributed by atoms with van der Waals surface area (Å²) >= 11 is 0. The van der Waals surface area contributed by atoms with E-state index in [1.54, 1.807) is 19.7 Å². The van der Waals surface area contributed by atoms with Gasteiger partial charge in [-0.1, -0.05) is 12.1 Å². The fourth-order valence-electron chi connectivity index (χ4n) is 2.89. The van der Waals surface area contributed by atoms with Crippen LogP contribution in [0.4, 0.5) is 5.95 Å². The molecule has 0 radical (unpaired) electrons. The predicted octanol–water partition coefficient (Wildman–Crippen LogP) is 3.03. The molecule has 0 aliphatic carbocycles. The van der Waals surface area contributed by atoms with E-state index >= 15 is 0 Å². The van der Waals surface area contributed by atoms with Gasteiger partial charge in [-0.3, -0.25) is 0 Å². The van der Waals surface area contributed by atoms with Gasteiger partial charge in [0.1, 0.15) is 23.9 Å². The molecule has 1 aliphatic rings. The maximum absolute atomic E-state index is 5.58. The quantitative estimate of drug-likeness (QED) is 0.804. The predicted molar refractivity (Wildman–Crippen MR) is 80.8 cm³/mol. The zero-order valence-corrected chi connectivity index (χ0v) is 12.1. The summed E-state index contributed by atoms with van der Waals surface area (Å²) in [6.07, 6.45) is 4.10. The van der Waals surface area contributed by atoms with E-state index in [-0.39, 0.29) is 12.1 Å². The van der Waals surface area contributed by atoms with E-state index in [1.807, 2.05) is 28.9 Å². The van der Waals surface area contributed by atoms with Crippen LogP contribution in [0.15, 0.2) is 53.4 Å². The summed E-state index contributed by atoms with van der Waals surface area (Å²) in [5.41, 5.74) is 1.19. The van der Waals surface area contributed by atoms with Crippen molar-refractivity contribution in [1.82, 2.24) is 14.8 Å². The van der Waals surface area contributed by atoms with Crippen LogP contribution in [0.5, 0.6) is 5.75 Å². The smallest absolute Gasteiger partial charge is 0.222 e. The van der Waals surface area contributed by atoms with Crippen molar-refractivity contribution in [1.29, 1.82) is 0 Å². The molecule has 2 aromatic heterocycles. The number of aromatic nitrogens is 3. The van der Waals surface area contributed by atoms with E-state index < -0.39 is 0 Å². The second-order valence-corrected chi connectivity index (χ2v) is 5.27. The third-order valence-electron chi connectivity index (χ3n) is 4.02. The Kier molecular flexibility index (Phi) is 3.07. The molecule has 112 valence electrons. The Balaban J connectivity index is 1.68. The molecule has 0 saturated carbocycles. The maximum atomic E-state index is 5.58. The summed E-state index contributed by atoms with van der Waals surface area (Å²) < 4.78 is 12.7. The van der Waals surface area contributed by atoms with Gasteiger partial charge in [-0.25, -0.2) is 4.68 Å². The summed E-state index contributed by atoms with van der Waals surface area (Å²) in [6.45, 7) is 0. The van der Waals surface area contributed by atoms with Gasteiger partial charge in [0.25, 0.3) is 0 Å². The summed E-state index contributed by atoms with van der Waals surface area (Å²) in [5, 5.41) is 7.74. The van der Waals surface area contributed by atoms with Gasteiger partial charge in [0.2, 0.25) is 5.95 Å². The highest BCUT2D eigenvalue weighted by molar-refractivity contribution is 5.38. The van der Waals surface area contributed by atoms with Gasteiger partial charge in [-0.15, -0.1) is 0 Å². The summed E-state index contributed by atoms with van der Waals surface area (Å²) in [7, 11) is 1.67. The molecule has 2 atom stereocenters. The van der Waals surface area contributed by atoms with Crippen LogP contribution in [-0.2, 0) is 0 Å². The second-order valence-electron chi connectivity index (χ2n) is 5.27. The molecule has 6 heteroatoms. The number of nitrogens with zero attached hydrogens (tertiary/aromatic N) is 3. The molecule has 6 nitrogen and oxygen atoms in total. The molecular weight excluding hydrogens is 280 g/mol. The highest BCUT2D eigenvalue weighted by atomic mass is 16.5. The van der Waals surface area contributed by atoms with E-state index in [0.29, 0.717) is 0 Å². The number of rotatable bonds is 3. The van der Waals surface area contributed by atoms with Crippen molar-refractivity contribution in [3.63, 3.8) is 0 Å². The van der Waals surface area contributed by atoms with Crippen LogP contribution in [0, 0.1) is 0 Å². The van der Waals surface area contributed by atoms with Gasteiger partial charge in [0.15, 0.2) is 0 Å². The van der Waals surface area contributed by atoms with E-state index in [0.717, 1.165) is 23.9 Å². The Morgan fingerprint density at radius 1 is 1.27 bits per heavy atom.